The van der Waals surface area contributed by atoms with Crippen molar-refractivity contribution in [2.45, 2.75) is 19.6 Å². The van der Waals surface area contributed by atoms with Crippen LogP contribution in [0.1, 0.15) is 0 Å². The van der Waals surface area contributed by atoms with E-state index in [1.807, 2.05) is 60.3 Å². The molecule has 302 valence electrons. The summed E-state index contributed by atoms with van der Waals surface area (Å²) in [5.41, 5.74) is 15.2. The lowest BCUT2D eigenvalue weighted by molar-refractivity contribution is 0.611. The third-order valence-electron chi connectivity index (χ3n) is 11.9. The van der Waals surface area contributed by atoms with Crippen LogP contribution in [0.15, 0.2) is 235 Å². The third-order valence-corrected chi connectivity index (χ3v) is 14.1. The van der Waals surface area contributed by atoms with Crippen LogP contribution in [0.2, 0.25) is 0 Å². The van der Waals surface area contributed by atoms with Crippen molar-refractivity contribution < 1.29 is 8.83 Å². The van der Waals surface area contributed by atoms with Gasteiger partial charge in [0, 0.05) is 31.0 Å². The van der Waals surface area contributed by atoms with Gasteiger partial charge in [-0.3, -0.25) is 0 Å². The van der Waals surface area contributed by atoms with Gasteiger partial charge in [-0.15, -0.1) is 0 Å². The molecule has 0 spiro atoms. The molecule has 0 N–H and O–H groups in total. The Morgan fingerprint density at radius 3 is 1.30 bits per heavy atom. The maximum absolute atomic E-state index is 6.70. The maximum Gasteiger partial charge on any atom is 0.228 e. The lowest BCUT2D eigenvalue weighted by Crippen LogP contribution is -2.14. The van der Waals surface area contributed by atoms with Crippen molar-refractivity contribution in [3.63, 3.8) is 0 Å². The highest BCUT2D eigenvalue weighted by atomic mass is 32.2. The summed E-state index contributed by atoms with van der Waals surface area (Å²) in [5.74, 6) is 0.976. The Morgan fingerprint density at radius 2 is 0.766 bits per heavy atom. The molecule has 0 atom stereocenters. The first kappa shape index (κ1) is 36.8. The zero-order valence-corrected chi connectivity index (χ0v) is 35.7. The van der Waals surface area contributed by atoms with Gasteiger partial charge < -0.3 is 18.6 Å². The fourth-order valence-electron chi connectivity index (χ4n) is 9.00. The van der Waals surface area contributed by atoms with E-state index < -0.39 is 0 Å². The van der Waals surface area contributed by atoms with Crippen LogP contribution in [0.25, 0.3) is 67.4 Å². The lowest BCUT2D eigenvalue weighted by atomic mass is 9.89. The van der Waals surface area contributed by atoms with E-state index in [2.05, 4.69) is 168 Å². The minimum atomic E-state index is 0.487. The Kier molecular flexibility index (Phi) is 8.60. The van der Waals surface area contributed by atoms with E-state index in [1.54, 1.807) is 11.8 Å². The first-order chi connectivity index (χ1) is 31.7. The highest BCUT2D eigenvalue weighted by molar-refractivity contribution is 8.00. The minimum Gasteiger partial charge on any atom is -0.436 e. The molecule has 0 unspecified atom stereocenters. The van der Waals surface area contributed by atoms with E-state index in [0.717, 1.165) is 78.5 Å². The van der Waals surface area contributed by atoms with Gasteiger partial charge in [0.15, 0.2) is 11.2 Å². The average Bonchev–Trinajstić information content (AvgIpc) is 4.00. The molecule has 64 heavy (non-hydrogen) atoms. The number of aromatic nitrogens is 2. The van der Waals surface area contributed by atoms with E-state index in [1.165, 1.54) is 19.6 Å². The number of rotatable bonds is 6. The predicted octanol–water partition coefficient (Wildman–Crippen LogP) is 16.5. The summed E-state index contributed by atoms with van der Waals surface area (Å²) in [4.78, 5) is 19.8. The fourth-order valence-corrected chi connectivity index (χ4v) is 11.1. The number of hydrogen-bond donors (Lipinski definition) is 0. The molecule has 13 rings (SSSR count). The number of para-hydroxylation sites is 8. The van der Waals surface area contributed by atoms with Gasteiger partial charge in [0.25, 0.3) is 0 Å². The van der Waals surface area contributed by atoms with Crippen molar-refractivity contribution in [2.75, 3.05) is 9.80 Å². The molecule has 0 bridgehead atoms. The van der Waals surface area contributed by atoms with E-state index in [-0.39, 0.29) is 0 Å². The number of hydrogen-bond acceptors (Lipinski definition) is 8. The van der Waals surface area contributed by atoms with Crippen LogP contribution in [-0.2, 0) is 0 Å². The molecule has 6 nitrogen and oxygen atoms in total. The summed E-state index contributed by atoms with van der Waals surface area (Å²) < 4.78 is 13.4. The largest absolute Gasteiger partial charge is 0.436 e. The third kappa shape index (κ3) is 6.13. The van der Waals surface area contributed by atoms with Crippen LogP contribution in [-0.4, -0.2) is 9.97 Å². The molecule has 11 aromatic rings. The number of benzene rings is 9. The summed E-state index contributed by atoms with van der Waals surface area (Å²) in [5, 5.41) is 0. The normalized spacial score (nSPS) is 12.8. The van der Waals surface area contributed by atoms with Gasteiger partial charge in [0.1, 0.15) is 11.0 Å². The molecule has 8 heteroatoms. The van der Waals surface area contributed by atoms with Gasteiger partial charge in [0.05, 0.1) is 33.9 Å². The van der Waals surface area contributed by atoms with E-state index in [0.29, 0.717) is 22.9 Å². The molecule has 2 aliphatic heterocycles. The van der Waals surface area contributed by atoms with Gasteiger partial charge in [-0.2, -0.15) is 0 Å². The SMILES string of the molecule is c1cc(-c2cc(-c3cccc(N4c5ccccc5Sc5ccccc54)c3)c(-c3nc4ccccc4o3)c(-c3nc4ccccc4o3)c2)cc(N2c3ccccc3Sc3ccccc32)c1. The molecule has 4 heterocycles. The number of fused-ring (bicyclic) bond motifs is 6. The fraction of sp³-hybridized carbons (Fsp3) is 0. The molecule has 0 amide bonds. The summed E-state index contributed by atoms with van der Waals surface area (Å²) in [7, 11) is 0. The van der Waals surface area contributed by atoms with Crippen LogP contribution in [0.3, 0.4) is 0 Å². The lowest BCUT2D eigenvalue weighted by Gasteiger charge is -2.33. The molecule has 2 aromatic heterocycles. The molecule has 0 saturated carbocycles. The van der Waals surface area contributed by atoms with Gasteiger partial charge in [-0.25, -0.2) is 9.97 Å². The number of oxazole rings is 2. The summed E-state index contributed by atoms with van der Waals surface area (Å²) in [6.07, 6.45) is 0. The van der Waals surface area contributed by atoms with Crippen molar-refractivity contribution >= 4 is 79.8 Å². The first-order valence-electron chi connectivity index (χ1n) is 21.1. The molecular formula is C56H34N4O2S2. The second kappa shape index (κ2) is 14.9. The summed E-state index contributed by atoms with van der Waals surface area (Å²) in [6.45, 7) is 0. The Labute approximate surface area is 377 Å². The molecular weight excluding hydrogens is 825 g/mol. The van der Waals surface area contributed by atoms with Gasteiger partial charge in [-0.1, -0.05) is 121 Å². The van der Waals surface area contributed by atoms with Crippen molar-refractivity contribution in [1.82, 2.24) is 9.97 Å². The maximum atomic E-state index is 6.70. The van der Waals surface area contributed by atoms with Gasteiger partial charge >= 0.3 is 0 Å². The van der Waals surface area contributed by atoms with E-state index in [9.17, 15) is 0 Å². The van der Waals surface area contributed by atoms with Crippen LogP contribution in [0, 0.1) is 0 Å². The van der Waals surface area contributed by atoms with Crippen LogP contribution in [0.4, 0.5) is 34.1 Å². The standard InChI is InChI=1S/C56H34N4O2S2/c1-7-25-48-42(19-1)57-55(61-48)41-34-37(35-15-13-17-38(31-35)59-44-21-3-9-27-50(44)63-51-28-10-4-22-45(51)59)33-40(54(41)56-58-43-20-2-8-26-49(43)62-56)36-16-14-18-39(32-36)60-46-23-5-11-29-52(46)64-53-30-12-6-24-47(53)60/h1-34H. The van der Waals surface area contributed by atoms with E-state index >= 15 is 0 Å². The molecule has 0 aliphatic carbocycles. The zero-order valence-electron chi connectivity index (χ0n) is 34.1. The van der Waals surface area contributed by atoms with Crippen molar-refractivity contribution in [3.8, 4) is 45.2 Å². The summed E-state index contributed by atoms with van der Waals surface area (Å²) >= 11 is 3.61. The smallest absolute Gasteiger partial charge is 0.228 e. The van der Waals surface area contributed by atoms with Crippen LogP contribution < -0.4 is 9.80 Å². The summed E-state index contributed by atoms with van der Waals surface area (Å²) in [6, 6.07) is 72.4. The average molecular weight is 859 g/mol. The van der Waals surface area contributed by atoms with Crippen molar-refractivity contribution in [1.29, 1.82) is 0 Å². The monoisotopic (exact) mass is 858 g/mol. The topological polar surface area (TPSA) is 58.5 Å². The highest BCUT2D eigenvalue weighted by Crippen LogP contribution is 2.54. The van der Waals surface area contributed by atoms with Crippen LogP contribution >= 0.6 is 23.5 Å². The van der Waals surface area contributed by atoms with Crippen molar-refractivity contribution in [3.05, 3.63) is 206 Å². The molecule has 0 fully saturated rings. The van der Waals surface area contributed by atoms with Gasteiger partial charge in [0.2, 0.25) is 11.8 Å². The molecule has 2 aliphatic rings. The Hall–Kier alpha value is -7.78. The van der Waals surface area contributed by atoms with E-state index in [4.69, 9.17) is 18.8 Å². The Bertz CT molecular complexity index is 3470. The first-order valence-corrected chi connectivity index (χ1v) is 22.8. The molecule has 0 radical (unpaired) electrons. The Balaban J connectivity index is 1.06. The van der Waals surface area contributed by atoms with Crippen molar-refractivity contribution in [2.24, 2.45) is 0 Å². The number of nitrogens with zero attached hydrogens (tertiary/aromatic N) is 4. The molecule has 0 saturated heterocycles. The van der Waals surface area contributed by atoms with Crippen LogP contribution in [0.5, 0.6) is 0 Å². The zero-order chi connectivity index (χ0) is 42.1. The quantitative estimate of drug-likeness (QED) is 0.164. The molecule has 9 aromatic carbocycles. The van der Waals surface area contributed by atoms with Gasteiger partial charge in [-0.05, 0) is 131 Å². The highest BCUT2D eigenvalue weighted by Gasteiger charge is 2.29. The second-order valence-electron chi connectivity index (χ2n) is 15.8. The predicted molar refractivity (Wildman–Crippen MR) is 261 cm³/mol. The minimum absolute atomic E-state index is 0.487. The second-order valence-corrected chi connectivity index (χ2v) is 17.9. The Morgan fingerprint density at radius 1 is 0.344 bits per heavy atom. The number of anilines is 6.